The van der Waals surface area contributed by atoms with Gasteiger partial charge in [0.15, 0.2) is 11.5 Å². The first kappa shape index (κ1) is 18.9. The van der Waals surface area contributed by atoms with Crippen LogP contribution in [-0.2, 0) is 13.0 Å². The van der Waals surface area contributed by atoms with Crippen LogP contribution in [0.2, 0.25) is 0 Å². The molecule has 4 heteroatoms. The molecule has 0 saturated heterocycles. The Bertz CT molecular complexity index is 941. The largest absolute Gasteiger partial charge is 0.504 e. The third-order valence-corrected chi connectivity index (χ3v) is 6.26. The summed E-state index contributed by atoms with van der Waals surface area (Å²) in [5.41, 5.74) is 4.77. The topological polar surface area (TPSA) is 43.7 Å². The van der Waals surface area contributed by atoms with Crippen LogP contribution in [-0.4, -0.2) is 34.5 Å². The van der Waals surface area contributed by atoms with Crippen LogP contribution in [0.4, 0.5) is 0 Å². The Hall–Kier alpha value is -2.43. The number of nitrogens with zero attached hydrogens (tertiary/aromatic N) is 1. The number of aromatic hydroxyl groups is 2. The van der Waals surface area contributed by atoms with Gasteiger partial charge in [-0.05, 0) is 59.2 Å². The SMILES string of the molecule is CSc1ccc(C2CN(Cc3ccccc3)CCc3cc(O)c(O)cc32)cc1. The fourth-order valence-corrected chi connectivity index (χ4v) is 4.42. The number of hydrogen-bond donors (Lipinski definition) is 2. The minimum absolute atomic E-state index is 0.0354. The molecular weight excluding hydrogens is 366 g/mol. The van der Waals surface area contributed by atoms with Crippen LogP contribution in [0, 0.1) is 0 Å². The molecule has 1 atom stereocenters. The Labute approximate surface area is 170 Å². The van der Waals surface area contributed by atoms with E-state index in [1.165, 1.54) is 16.0 Å². The van der Waals surface area contributed by atoms with Gasteiger partial charge in [0.2, 0.25) is 0 Å². The van der Waals surface area contributed by atoms with Crippen molar-refractivity contribution in [2.75, 3.05) is 19.3 Å². The molecule has 0 radical (unpaired) electrons. The molecule has 4 rings (SSSR count). The highest BCUT2D eigenvalue weighted by Crippen LogP contribution is 2.38. The first-order valence-corrected chi connectivity index (χ1v) is 10.8. The van der Waals surface area contributed by atoms with Gasteiger partial charge < -0.3 is 10.2 Å². The molecule has 3 aromatic carbocycles. The van der Waals surface area contributed by atoms with E-state index < -0.39 is 0 Å². The van der Waals surface area contributed by atoms with E-state index in [2.05, 4.69) is 59.7 Å². The molecule has 2 N–H and O–H groups in total. The Morgan fingerprint density at radius 3 is 2.39 bits per heavy atom. The van der Waals surface area contributed by atoms with Crippen molar-refractivity contribution < 1.29 is 10.2 Å². The summed E-state index contributed by atoms with van der Waals surface area (Å²) in [6.45, 7) is 2.70. The van der Waals surface area contributed by atoms with Crippen molar-refractivity contribution in [3.8, 4) is 11.5 Å². The van der Waals surface area contributed by atoms with Gasteiger partial charge in [0.25, 0.3) is 0 Å². The van der Waals surface area contributed by atoms with Crippen LogP contribution in [0.5, 0.6) is 11.5 Å². The summed E-state index contributed by atoms with van der Waals surface area (Å²) in [7, 11) is 0. The van der Waals surface area contributed by atoms with Gasteiger partial charge in [0.05, 0.1) is 0 Å². The second-order valence-corrected chi connectivity index (χ2v) is 8.22. The minimum atomic E-state index is -0.0407. The van der Waals surface area contributed by atoms with Crippen molar-refractivity contribution in [2.45, 2.75) is 23.8 Å². The van der Waals surface area contributed by atoms with Gasteiger partial charge >= 0.3 is 0 Å². The molecule has 3 nitrogen and oxygen atoms in total. The molecule has 0 aliphatic carbocycles. The van der Waals surface area contributed by atoms with Crippen molar-refractivity contribution in [3.05, 3.63) is 89.0 Å². The molecule has 144 valence electrons. The predicted octanol–water partition coefficient (Wildman–Crippen LogP) is 5.01. The molecule has 1 aliphatic rings. The summed E-state index contributed by atoms with van der Waals surface area (Å²) in [6, 6.07) is 22.7. The van der Waals surface area contributed by atoms with Gasteiger partial charge in [-0.3, -0.25) is 4.90 Å². The van der Waals surface area contributed by atoms with Crippen molar-refractivity contribution in [1.29, 1.82) is 0 Å². The van der Waals surface area contributed by atoms with Crippen molar-refractivity contribution in [1.82, 2.24) is 4.90 Å². The third kappa shape index (κ3) is 4.03. The molecule has 0 aromatic heterocycles. The molecule has 1 heterocycles. The number of phenols is 2. The van der Waals surface area contributed by atoms with E-state index >= 15 is 0 Å². The monoisotopic (exact) mass is 391 g/mol. The maximum atomic E-state index is 10.1. The average molecular weight is 392 g/mol. The summed E-state index contributed by atoms with van der Waals surface area (Å²) < 4.78 is 0. The smallest absolute Gasteiger partial charge is 0.157 e. The van der Waals surface area contributed by atoms with Crippen molar-refractivity contribution in [2.24, 2.45) is 0 Å². The summed E-state index contributed by atoms with van der Waals surface area (Å²) in [5, 5.41) is 20.2. The molecule has 3 aromatic rings. The molecule has 0 fully saturated rings. The van der Waals surface area contributed by atoms with Crippen molar-refractivity contribution in [3.63, 3.8) is 0 Å². The maximum absolute atomic E-state index is 10.1. The Kier molecular flexibility index (Phi) is 5.60. The highest BCUT2D eigenvalue weighted by Gasteiger charge is 2.26. The van der Waals surface area contributed by atoms with Crippen LogP contribution in [0.15, 0.2) is 71.6 Å². The number of hydrogen-bond acceptors (Lipinski definition) is 4. The highest BCUT2D eigenvalue weighted by molar-refractivity contribution is 7.98. The average Bonchev–Trinajstić information content (AvgIpc) is 2.89. The first-order valence-electron chi connectivity index (χ1n) is 9.59. The zero-order chi connectivity index (χ0) is 19.5. The standard InChI is InChI=1S/C24H25NO2S/c1-28-20-9-7-18(8-10-20)22-16-25(15-17-5-3-2-4-6-17)12-11-19-13-23(26)24(27)14-21(19)22/h2-10,13-14,22,26-27H,11-12,15-16H2,1H3. The number of rotatable bonds is 4. The lowest BCUT2D eigenvalue weighted by atomic mass is 9.87. The van der Waals surface area contributed by atoms with Gasteiger partial charge in [-0.15, -0.1) is 11.8 Å². The number of phenolic OH excluding ortho intramolecular Hbond substituents is 2. The third-order valence-electron chi connectivity index (χ3n) is 5.52. The van der Waals surface area contributed by atoms with E-state index in [4.69, 9.17) is 0 Å². The van der Waals surface area contributed by atoms with E-state index in [0.29, 0.717) is 0 Å². The van der Waals surface area contributed by atoms with E-state index in [1.54, 1.807) is 23.9 Å². The van der Waals surface area contributed by atoms with Crippen LogP contribution in [0.3, 0.4) is 0 Å². The molecule has 1 aliphatic heterocycles. The van der Waals surface area contributed by atoms with Gasteiger partial charge in [0, 0.05) is 30.4 Å². The van der Waals surface area contributed by atoms with Crippen LogP contribution in [0.1, 0.15) is 28.2 Å². The quantitative estimate of drug-likeness (QED) is 0.485. The molecule has 0 spiro atoms. The number of fused-ring (bicyclic) bond motifs is 1. The number of thioether (sulfide) groups is 1. The number of benzene rings is 3. The van der Waals surface area contributed by atoms with Crippen LogP contribution in [0.25, 0.3) is 0 Å². The van der Waals surface area contributed by atoms with Crippen LogP contribution >= 0.6 is 11.8 Å². The Balaban J connectivity index is 1.70. The summed E-state index contributed by atoms with van der Waals surface area (Å²) >= 11 is 1.74. The van der Waals surface area contributed by atoms with E-state index in [9.17, 15) is 10.2 Å². The maximum Gasteiger partial charge on any atom is 0.157 e. The predicted molar refractivity (Wildman–Crippen MR) is 115 cm³/mol. The lowest BCUT2D eigenvalue weighted by Crippen LogP contribution is -2.28. The van der Waals surface area contributed by atoms with Crippen LogP contribution < -0.4 is 0 Å². The molecule has 28 heavy (non-hydrogen) atoms. The summed E-state index contributed by atoms with van der Waals surface area (Å²) in [5.74, 6) is 0.0800. The first-order chi connectivity index (χ1) is 13.6. The molecular formula is C24H25NO2S. The molecule has 0 bridgehead atoms. The Morgan fingerprint density at radius 1 is 0.964 bits per heavy atom. The van der Waals surface area contributed by atoms with E-state index in [-0.39, 0.29) is 17.4 Å². The van der Waals surface area contributed by atoms with Gasteiger partial charge in [-0.25, -0.2) is 0 Å². The zero-order valence-corrected chi connectivity index (χ0v) is 16.8. The van der Waals surface area contributed by atoms with Crippen molar-refractivity contribution >= 4 is 11.8 Å². The lowest BCUT2D eigenvalue weighted by molar-refractivity contribution is 0.268. The summed E-state index contributed by atoms with van der Waals surface area (Å²) in [4.78, 5) is 3.71. The molecule has 1 unspecified atom stereocenters. The summed E-state index contributed by atoms with van der Waals surface area (Å²) in [6.07, 6.45) is 2.94. The zero-order valence-electron chi connectivity index (χ0n) is 16.0. The van der Waals surface area contributed by atoms with E-state index in [0.717, 1.165) is 37.2 Å². The fraction of sp³-hybridized carbons (Fsp3) is 0.250. The fourth-order valence-electron chi connectivity index (χ4n) is 4.01. The minimum Gasteiger partial charge on any atom is -0.504 e. The molecule has 0 amide bonds. The highest BCUT2D eigenvalue weighted by atomic mass is 32.2. The van der Waals surface area contributed by atoms with Gasteiger partial charge in [0.1, 0.15) is 0 Å². The molecule has 0 saturated carbocycles. The second kappa shape index (κ2) is 8.29. The Morgan fingerprint density at radius 2 is 1.68 bits per heavy atom. The van der Waals surface area contributed by atoms with E-state index in [1.807, 2.05) is 6.07 Å². The van der Waals surface area contributed by atoms with Gasteiger partial charge in [-0.2, -0.15) is 0 Å². The van der Waals surface area contributed by atoms with Gasteiger partial charge in [-0.1, -0.05) is 42.5 Å². The lowest BCUT2D eigenvalue weighted by Gasteiger charge is -2.25. The second-order valence-electron chi connectivity index (χ2n) is 7.34. The normalized spacial score (nSPS) is 17.1.